The van der Waals surface area contributed by atoms with Crippen LogP contribution in [0.25, 0.3) is 0 Å². The first-order chi connectivity index (χ1) is 7.61. The summed E-state index contributed by atoms with van der Waals surface area (Å²) in [6.07, 6.45) is 0. The SMILES string of the molecule is O=C1NCCN1C(=O)c1cccc(Br)c1F. The van der Waals surface area contributed by atoms with Crippen molar-refractivity contribution in [2.75, 3.05) is 13.1 Å². The number of nitrogens with one attached hydrogen (secondary N) is 1. The molecule has 1 heterocycles. The van der Waals surface area contributed by atoms with Crippen molar-refractivity contribution in [3.63, 3.8) is 0 Å². The van der Waals surface area contributed by atoms with Crippen LogP contribution in [0, 0.1) is 5.82 Å². The lowest BCUT2D eigenvalue weighted by Gasteiger charge is -2.12. The Hall–Kier alpha value is -1.43. The number of carbonyl (C=O) groups is 2. The molecule has 1 fully saturated rings. The number of imide groups is 1. The number of carbonyl (C=O) groups excluding carboxylic acids is 2. The lowest BCUT2D eigenvalue weighted by atomic mass is 10.2. The van der Waals surface area contributed by atoms with Gasteiger partial charge in [0.05, 0.1) is 10.0 Å². The molecule has 1 aliphatic heterocycles. The zero-order valence-corrected chi connectivity index (χ0v) is 9.75. The molecule has 0 radical (unpaired) electrons. The second-order valence-corrected chi connectivity index (χ2v) is 4.14. The molecule has 84 valence electrons. The van der Waals surface area contributed by atoms with Crippen molar-refractivity contribution in [3.8, 4) is 0 Å². The molecule has 1 N–H and O–H groups in total. The molecule has 0 aliphatic carbocycles. The van der Waals surface area contributed by atoms with Crippen molar-refractivity contribution in [1.29, 1.82) is 0 Å². The van der Waals surface area contributed by atoms with Crippen LogP contribution < -0.4 is 5.32 Å². The highest BCUT2D eigenvalue weighted by Gasteiger charge is 2.29. The summed E-state index contributed by atoms with van der Waals surface area (Å²) in [5, 5.41) is 2.49. The highest BCUT2D eigenvalue weighted by Crippen LogP contribution is 2.20. The zero-order valence-electron chi connectivity index (χ0n) is 8.17. The van der Waals surface area contributed by atoms with E-state index in [1.165, 1.54) is 12.1 Å². The summed E-state index contributed by atoms with van der Waals surface area (Å²) in [5.74, 6) is -1.26. The third kappa shape index (κ3) is 1.80. The summed E-state index contributed by atoms with van der Waals surface area (Å²) in [6, 6.07) is 3.92. The minimum absolute atomic E-state index is 0.105. The van der Waals surface area contributed by atoms with E-state index in [0.717, 1.165) is 4.90 Å². The molecule has 6 heteroatoms. The number of nitrogens with zero attached hydrogens (tertiary/aromatic N) is 1. The summed E-state index contributed by atoms with van der Waals surface area (Å²) in [4.78, 5) is 24.1. The van der Waals surface area contributed by atoms with Gasteiger partial charge in [0.15, 0.2) is 0 Å². The highest BCUT2D eigenvalue weighted by molar-refractivity contribution is 9.10. The Kier molecular flexibility index (Phi) is 2.91. The number of hydrogen-bond donors (Lipinski definition) is 1. The van der Waals surface area contributed by atoms with E-state index in [1.807, 2.05) is 0 Å². The van der Waals surface area contributed by atoms with Crippen molar-refractivity contribution in [2.45, 2.75) is 0 Å². The molecule has 0 atom stereocenters. The first-order valence-electron chi connectivity index (χ1n) is 4.65. The third-order valence-electron chi connectivity index (χ3n) is 2.28. The van der Waals surface area contributed by atoms with Crippen LogP contribution in [0.4, 0.5) is 9.18 Å². The van der Waals surface area contributed by atoms with Crippen LogP contribution in [0.1, 0.15) is 10.4 Å². The van der Waals surface area contributed by atoms with Crippen LogP contribution in [0.3, 0.4) is 0 Å². The summed E-state index contributed by atoms with van der Waals surface area (Å²) >= 11 is 2.99. The summed E-state index contributed by atoms with van der Waals surface area (Å²) in [5.41, 5.74) is -0.105. The van der Waals surface area contributed by atoms with Crippen LogP contribution in [0.2, 0.25) is 0 Å². The average molecular weight is 287 g/mol. The molecule has 0 aromatic heterocycles. The van der Waals surface area contributed by atoms with Crippen LogP contribution >= 0.6 is 15.9 Å². The van der Waals surface area contributed by atoms with Gasteiger partial charge in [0, 0.05) is 13.1 Å². The van der Waals surface area contributed by atoms with E-state index in [1.54, 1.807) is 6.07 Å². The van der Waals surface area contributed by atoms with Crippen molar-refractivity contribution < 1.29 is 14.0 Å². The van der Waals surface area contributed by atoms with E-state index in [4.69, 9.17) is 0 Å². The molecule has 0 unspecified atom stereocenters. The molecule has 2 rings (SSSR count). The van der Waals surface area contributed by atoms with Gasteiger partial charge in [0.2, 0.25) is 0 Å². The van der Waals surface area contributed by atoms with Crippen molar-refractivity contribution in [3.05, 3.63) is 34.1 Å². The van der Waals surface area contributed by atoms with Gasteiger partial charge in [-0.2, -0.15) is 0 Å². The van der Waals surface area contributed by atoms with Gasteiger partial charge in [0.1, 0.15) is 5.82 Å². The monoisotopic (exact) mass is 286 g/mol. The summed E-state index contributed by atoms with van der Waals surface area (Å²) in [6.45, 7) is 0.670. The van der Waals surface area contributed by atoms with E-state index in [0.29, 0.717) is 6.54 Å². The van der Waals surface area contributed by atoms with Crippen molar-refractivity contribution >= 4 is 27.9 Å². The minimum atomic E-state index is -0.646. The predicted molar refractivity (Wildman–Crippen MR) is 58.5 cm³/mol. The zero-order chi connectivity index (χ0) is 11.7. The fourth-order valence-electron chi connectivity index (χ4n) is 1.48. The Morgan fingerprint density at radius 3 is 2.88 bits per heavy atom. The molecule has 16 heavy (non-hydrogen) atoms. The van der Waals surface area contributed by atoms with E-state index >= 15 is 0 Å². The van der Waals surface area contributed by atoms with E-state index in [-0.39, 0.29) is 16.6 Å². The smallest absolute Gasteiger partial charge is 0.324 e. The fourth-order valence-corrected chi connectivity index (χ4v) is 1.85. The van der Waals surface area contributed by atoms with Crippen molar-refractivity contribution in [1.82, 2.24) is 10.2 Å². The van der Waals surface area contributed by atoms with E-state index in [9.17, 15) is 14.0 Å². The summed E-state index contributed by atoms with van der Waals surface area (Å²) < 4.78 is 13.8. The second-order valence-electron chi connectivity index (χ2n) is 3.29. The maximum atomic E-state index is 13.6. The van der Waals surface area contributed by atoms with Crippen LogP contribution in [-0.2, 0) is 0 Å². The normalized spacial score (nSPS) is 15.1. The first kappa shape index (κ1) is 11.1. The molecular formula is C10H8BrFN2O2. The summed E-state index contributed by atoms with van der Waals surface area (Å²) in [7, 11) is 0. The number of rotatable bonds is 1. The molecule has 1 aromatic rings. The van der Waals surface area contributed by atoms with E-state index in [2.05, 4.69) is 21.2 Å². The molecule has 4 nitrogen and oxygen atoms in total. The molecule has 1 aliphatic rings. The number of urea groups is 1. The second kappa shape index (κ2) is 4.21. The Labute approximate surface area is 99.6 Å². The Balaban J connectivity index is 2.34. The Bertz CT molecular complexity index is 464. The van der Waals surface area contributed by atoms with E-state index < -0.39 is 17.8 Å². The maximum Gasteiger partial charge on any atom is 0.324 e. The van der Waals surface area contributed by atoms with Crippen LogP contribution in [-0.4, -0.2) is 29.9 Å². The topological polar surface area (TPSA) is 49.4 Å². The largest absolute Gasteiger partial charge is 0.336 e. The maximum absolute atomic E-state index is 13.6. The van der Waals surface area contributed by atoms with Gasteiger partial charge in [-0.1, -0.05) is 6.07 Å². The van der Waals surface area contributed by atoms with Gasteiger partial charge in [-0.15, -0.1) is 0 Å². The highest BCUT2D eigenvalue weighted by atomic mass is 79.9. The molecule has 0 saturated carbocycles. The lowest BCUT2D eigenvalue weighted by Crippen LogP contribution is -2.34. The quantitative estimate of drug-likeness (QED) is 0.855. The molecule has 0 spiro atoms. The van der Waals surface area contributed by atoms with Gasteiger partial charge < -0.3 is 5.32 Å². The van der Waals surface area contributed by atoms with Crippen LogP contribution in [0.5, 0.6) is 0 Å². The standard InChI is InChI=1S/C10H8BrFN2O2/c11-7-3-1-2-6(8(7)12)9(15)14-5-4-13-10(14)16/h1-3H,4-5H2,(H,13,16). The molecule has 3 amide bonds. The van der Waals surface area contributed by atoms with Gasteiger partial charge in [-0.05, 0) is 28.1 Å². The van der Waals surface area contributed by atoms with Crippen molar-refractivity contribution in [2.24, 2.45) is 0 Å². The van der Waals surface area contributed by atoms with Crippen LogP contribution in [0.15, 0.2) is 22.7 Å². The van der Waals surface area contributed by atoms with Gasteiger partial charge >= 0.3 is 6.03 Å². The first-order valence-corrected chi connectivity index (χ1v) is 5.44. The predicted octanol–water partition coefficient (Wildman–Crippen LogP) is 1.75. The average Bonchev–Trinajstić information content (AvgIpc) is 2.68. The molecular weight excluding hydrogens is 279 g/mol. The number of benzene rings is 1. The molecule has 0 bridgehead atoms. The molecule has 1 saturated heterocycles. The number of hydrogen-bond acceptors (Lipinski definition) is 2. The molecule has 1 aromatic carbocycles. The van der Waals surface area contributed by atoms with Gasteiger partial charge in [0.25, 0.3) is 5.91 Å². The number of amides is 3. The third-order valence-corrected chi connectivity index (χ3v) is 2.90. The van der Waals surface area contributed by atoms with Gasteiger partial charge in [-0.25, -0.2) is 9.18 Å². The Morgan fingerprint density at radius 1 is 1.50 bits per heavy atom. The minimum Gasteiger partial charge on any atom is -0.336 e. The van der Waals surface area contributed by atoms with Gasteiger partial charge in [-0.3, -0.25) is 9.69 Å². The number of halogens is 2. The lowest BCUT2D eigenvalue weighted by molar-refractivity contribution is 0.0824. The fraction of sp³-hybridized carbons (Fsp3) is 0.200. The Morgan fingerprint density at radius 2 is 2.25 bits per heavy atom.